The van der Waals surface area contributed by atoms with Gasteiger partial charge in [-0.25, -0.2) is 9.78 Å². The number of rotatable bonds is 2. The third kappa shape index (κ3) is 1.41. The van der Waals surface area contributed by atoms with E-state index in [4.69, 9.17) is 4.42 Å². The summed E-state index contributed by atoms with van der Waals surface area (Å²) < 4.78 is 5.63. The van der Waals surface area contributed by atoms with E-state index in [1.165, 1.54) is 0 Å². The van der Waals surface area contributed by atoms with E-state index in [1.807, 2.05) is 25.1 Å². The summed E-state index contributed by atoms with van der Waals surface area (Å²) in [5, 5.41) is 0. The smallest absolute Gasteiger partial charge is 0.235 e. The Morgan fingerprint density at radius 1 is 1.47 bits per heavy atom. The maximum absolute atomic E-state index is 10.6. The first-order chi connectivity index (χ1) is 8.25. The number of hydrogen-bond donors (Lipinski definition) is 0. The minimum absolute atomic E-state index is 0.423. The Hall–Kier alpha value is -1.93. The van der Waals surface area contributed by atoms with Crippen LogP contribution in [0.15, 0.2) is 27.6 Å². The number of oxazole rings is 1. The highest BCUT2D eigenvalue weighted by Gasteiger charge is 2.41. The fourth-order valence-corrected chi connectivity index (χ4v) is 2.47. The second-order valence-corrected chi connectivity index (χ2v) is 4.47. The predicted molar refractivity (Wildman–Crippen MR) is 62.4 cm³/mol. The van der Waals surface area contributed by atoms with Crippen molar-refractivity contribution in [1.29, 1.82) is 0 Å². The van der Waals surface area contributed by atoms with Gasteiger partial charge < -0.3 is 4.42 Å². The van der Waals surface area contributed by atoms with E-state index in [1.54, 1.807) is 6.08 Å². The normalized spacial score (nSPS) is 17.5. The second-order valence-electron chi connectivity index (χ2n) is 4.47. The molecule has 4 nitrogen and oxygen atoms in total. The first-order valence-electron chi connectivity index (χ1n) is 5.71. The van der Waals surface area contributed by atoms with Gasteiger partial charge in [-0.1, -0.05) is 12.1 Å². The Kier molecular flexibility index (Phi) is 2.13. The van der Waals surface area contributed by atoms with Crippen LogP contribution in [0.3, 0.4) is 0 Å². The maximum Gasteiger partial charge on any atom is 0.235 e. The van der Waals surface area contributed by atoms with Crippen LogP contribution >= 0.6 is 0 Å². The number of isocyanates is 1. The molecule has 1 aliphatic rings. The monoisotopic (exact) mass is 228 g/mol. The molecule has 0 spiro atoms. The number of fused-ring (bicyclic) bond motifs is 1. The van der Waals surface area contributed by atoms with Gasteiger partial charge in [-0.3, -0.25) is 0 Å². The van der Waals surface area contributed by atoms with E-state index in [0.29, 0.717) is 5.89 Å². The summed E-state index contributed by atoms with van der Waals surface area (Å²) in [6.45, 7) is 1.82. The number of carbonyl (C=O) groups excluding carboxylic acids is 1. The largest absolute Gasteiger partial charge is 0.441 e. The van der Waals surface area contributed by atoms with E-state index < -0.39 is 5.54 Å². The van der Waals surface area contributed by atoms with Crippen molar-refractivity contribution in [3.63, 3.8) is 0 Å². The Bertz CT molecular complexity index is 619. The van der Waals surface area contributed by atoms with Crippen LogP contribution in [0.4, 0.5) is 0 Å². The molecule has 0 saturated heterocycles. The van der Waals surface area contributed by atoms with Crippen LogP contribution in [0.1, 0.15) is 30.7 Å². The molecule has 0 amide bonds. The lowest BCUT2D eigenvalue weighted by Gasteiger charge is -2.36. The summed E-state index contributed by atoms with van der Waals surface area (Å²) in [5.41, 5.74) is 2.12. The van der Waals surface area contributed by atoms with E-state index in [-0.39, 0.29) is 0 Å². The molecule has 2 aromatic rings. The molecule has 1 heterocycles. The van der Waals surface area contributed by atoms with Crippen molar-refractivity contribution in [3.8, 4) is 0 Å². The number of aliphatic imine (C=N–C) groups is 1. The number of aromatic nitrogens is 1. The van der Waals surface area contributed by atoms with Crippen molar-refractivity contribution in [2.45, 2.75) is 31.7 Å². The molecule has 17 heavy (non-hydrogen) atoms. The van der Waals surface area contributed by atoms with Crippen LogP contribution in [-0.4, -0.2) is 11.1 Å². The minimum atomic E-state index is -0.423. The molecule has 0 N–H and O–H groups in total. The van der Waals surface area contributed by atoms with Gasteiger partial charge in [0.05, 0.1) is 0 Å². The van der Waals surface area contributed by atoms with Gasteiger partial charge in [-0.05, 0) is 25.3 Å². The zero-order valence-corrected chi connectivity index (χ0v) is 9.56. The molecule has 0 unspecified atom stereocenters. The summed E-state index contributed by atoms with van der Waals surface area (Å²) in [5.74, 6) is 0.636. The molecule has 1 aromatic heterocycles. The number of para-hydroxylation sites is 1. The van der Waals surface area contributed by atoms with E-state index >= 15 is 0 Å². The Morgan fingerprint density at radius 3 is 2.94 bits per heavy atom. The van der Waals surface area contributed by atoms with Gasteiger partial charge in [0.25, 0.3) is 0 Å². The van der Waals surface area contributed by atoms with Crippen LogP contribution in [0.5, 0.6) is 0 Å². The van der Waals surface area contributed by atoms with E-state index in [9.17, 15) is 4.79 Å². The van der Waals surface area contributed by atoms with E-state index in [0.717, 1.165) is 35.9 Å². The zero-order valence-electron chi connectivity index (χ0n) is 9.56. The molecular formula is C13H12N2O2. The second kappa shape index (κ2) is 3.54. The molecule has 3 rings (SSSR count). The fraction of sp³-hybridized carbons (Fsp3) is 0.385. The molecular weight excluding hydrogens is 216 g/mol. The number of hydrogen-bond acceptors (Lipinski definition) is 4. The summed E-state index contributed by atoms with van der Waals surface area (Å²) in [6.07, 6.45) is 4.52. The van der Waals surface area contributed by atoms with Crippen molar-refractivity contribution in [1.82, 2.24) is 4.98 Å². The van der Waals surface area contributed by atoms with Crippen LogP contribution < -0.4 is 0 Å². The molecule has 4 heteroatoms. The quantitative estimate of drug-likeness (QED) is 0.586. The predicted octanol–water partition coefficient (Wildman–Crippen LogP) is 2.85. The zero-order chi connectivity index (χ0) is 11.9. The summed E-state index contributed by atoms with van der Waals surface area (Å²) in [7, 11) is 0. The summed E-state index contributed by atoms with van der Waals surface area (Å²) in [6, 6.07) is 5.80. The topological polar surface area (TPSA) is 55.5 Å². The Morgan fingerprint density at radius 2 is 2.29 bits per heavy atom. The lowest BCUT2D eigenvalue weighted by molar-refractivity contribution is 0.255. The third-order valence-corrected chi connectivity index (χ3v) is 3.46. The van der Waals surface area contributed by atoms with Crippen molar-refractivity contribution in [2.24, 2.45) is 4.99 Å². The average Bonchev–Trinajstić information content (AvgIpc) is 2.63. The van der Waals surface area contributed by atoms with Gasteiger partial charge in [0.1, 0.15) is 11.1 Å². The molecule has 0 aliphatic heterocycles. The molecule has 1 fully saturated rings. The molecule has 1 aliphatic carbocycles. The van der Waals surface area contributed by atoms with Gasteiger partial charge in [-0.15, -0.1) is 0 Å². The maximum atomic E-state index is 10.6. The van der Waals surface area contributed by atoms with E-state index in [2.05, 4.69) is 9.98 Å². The molecule has 1 aromatic carbocycles. The SMILES string of the molecule is Cc1nc2cccc(C3(N=C=O)CCC3)c2o1. The Balaban J connectivity index is 2.25. The van der Waals surface area contributed by atoms with Crippen LogP contribution in [0, 0.1) is 6.92 Å². The lowest BCUT2D eigenvalue weighted by Crippen LogP contribution is -2.31. The van der Waals surface area contributed by atoms with Crippen molar-refractivity contribution < 1.29 is 9.21 Å². The highest BCUT2D eigenvalue weighted by Crippen LogP contribution is 2.47. The standard InChI is InChI=1S/C13H12N2O2/c1-9-15-11-5-2-4-10(12(11)17-9)13(14-8-16)6-3-7-13/h2,4-5H,3,6-7H2,1H3. The summed E-state index contributed by atoms with van der Waals surface area (Å²) in [4.78, 5) is 18.9. The van der Waals surface area contributed by atoms with Gasteiger partial charge in [0.15, 0.2) is 11.5 Å². The highest BCUT2D eigenvalue weighted by atomic mass is 16.3. The molecule has 0 atom stereocenters. The average molecular weight is 228 g/mol. The molecule has 86 valence electrons. The molecule has 0 radical (unpaired) electrons. The van der Waals surface area contributed by atoms with Crippen molar-refractivity contribution >= 4 is 17.2 Å². The highest BCUT2D eigenvalue weighted by molar-refractivity contribution is 5.78. The third-order valence-electron chi connectivity index (χ3n) is 3.46. The van der Waals surface area contributed by atoms with Gasteiger partial charge in [0, 0.05) is 12.5 Å². The number of aryl methyl sites for hydroxylation is 1. The van der Waals surface area contributed by atoms with Gasteiger partial charge in [-0.2, -0.15) is 4.99 Å². The number of benzene rings is 1. The van der Waals surface area contributed by atoms with Gasteiger partial charge >= 0.3 is 0 Å². The lowest BCUT2D eigenvalue weighted by atomic mass is 9.72. The Labute approximate surface area is 98.4 Å². The fourth-order valence-electron chi connectivity index (χ4n) is 2.47. The molecule has 0 bridgehead atoms. The van der Waals surface area contributed by atoms with Gasteiger partial charge in [0.2, 0.25) is 6.08 Å². The van der Waals surface area contributed by atoms with Crippen molar-refractivity contribution in [3.05, 3.63) is 29.7 Å². The first-order valence-corrected chi connectivity index (χ1v) is 5.71. The molecule has 1 saturated carbocycles. The van der Waals surface area contributed by atoms with Crippen LogP contribution in [-0.2, 0) is 10.3 Å². The first kappa shape index (κ1) is 10.2. The van der Waals surface area contributed by atoms with Crippen LogP contribution in [0.25, 0.3) is 11.1 Å². The van der Waals surface area contributed by atoms with Crippen LogP contribution in [0.2, 0.25) is 0 Å². The summed E-state index contributed by atoms with van der Waals surface area (Å²) >= 11 is 0. The minimum Gasteiger partial charge on any atom is -0.441 e. The van der Waals surface area contributed by atoms with Crippen molar-refractivity contribution in [2.75, 3.05) is 0 Å². The number of nitrogens with zero attached hydrogens (tertiary/aromatic N) is 2.